The predicted octanol–water partition coefficient (Wildman–Crippen LogP) is 4.40. The molecule has 0 saturated heterocycles. The Morgan fingerprint density at radius 2 is 1.75 bits per heavy atom. The van der Waals surface area contributed by atoms with Crippen molar-refractivity contribution in [3.63, 3.8) is 0 Å². The summed E-state index contributed by atoms with van der Waals surface area (Å²) in [7, 11) is 0. The van der Waals surface area contributed by atoms with Crippen molar-refractivity contribution in [2.24, 2.45) is 0 Å². The molecule has 1 aliphatic rings. The number of hydrogen-bond donors (Lipinski definition) is 2. The average molecular weight is 343 g/mol. The third-order valence-electron chi connectivity index (χ3n) is 4.37. The molecule has 1 fully saturated rings. The molecule has 3 rings (SSSR count). The highest BCUT2D eigenvalue weighted by molar-refractivity contribution is 6.30. The lowest BCUT2D eigenvalue weighted by atomic mass is 10.00. The summed E-state index contributed by atoms with van der Waals surface area (Å²) < 4.78 is 0. The van der Waals surface area contributed by atoms with Gasteiger partial charge in [-0.1, -0.05) is 61.0 Å². The van der Waals surface area contributed by atoms with Crippen LogP contribution >= 0.6 is 11.6 Å². The highest BCUT2D eigenvalue weighted by Crippen LogP contribution is 2.25. The van der Waals surface area contributed by atoms with Gasteiger partial charge in [0, 0.05) is 17.1 Å². The number of halogens is 1. The molecule has 0 unspecified atom stereocenters. The van der Waals surface area contributed by atoms with Crippen molar-refractivity contribution in [3.8, 4) is 0 Å². The largest absolute Gasteiger partial charge is 0.352 e. The number of benzene rings is 2. The van der Waals surface area contributed by atoms with Crippen LogP contribution in [0.25, 0.3) is 0 Å². The van der Waals surface area contributed by atoms with Crippen LogP contribution in [0.1, 0.15) is 49.4 Å². The molecule has 24 heavy (non-hydrogen) atoms. The molecule has 2 atom stereocenters. The third kappa shape index (κ3) is 4.37. The Labute approximate surface area is 148 Å². The smallest absolute Gasteiger partial charge is 0.241 e. The Bertz CT molecular complexity index is 668. The van der Waals surface area contributed by atoms with Crippen LogP contribution in [0.15, 0.2) is 54.6 Å². The normalized spacial score (nSPS) is 16.4. The molecule has 1 saturated carbocycles. The van der Waals surface area contributed by atoms with Crippen LogP contribution in [0.5, 0.6) is 0 Å². The van der Waals surface area contributed by atoms with Gasteiger partial charge in [-0.15, -0.1) is 0 Å². The number of carbonyl (C=O) groups is 1. The van der Waals surface area contributed by atoms with Gasteiger partial charge in [-0.2, -0.15) is 0 Å². The second kappa shape index (κ2) is 7.82. The zero-order valence-electron chi connectivity index (χ0n) is 13.8. The summed E-state index contributed by atoms with van der Waals surface area (Å²) in [6, 6.07) is 17.8. The van der Waals surface area contributed by atoms with E-state index in [9.17, 15) is 4.79 Å². The highest BCUT2D eigenvalue weighted by Gasteiger charge is 2.29. The standard InChI is InChI=1S/C20H23ClN2O/c1-2-18(14-8-10-16(21)11-9-14)23-19(15-6-4-3-5-7-15)20(24)22-17-12-13-17/h3-11,17-19,23H,2,12-13H2,1H3,(H,22,24)/t18-,19-/m0/s1. The van der Waals surface area contributed by atoms with Gasteiger partial charge in [0.25, 0.3) is 0 Å². The van der Waals surface area contributed by atoms with Gasteiger partial charge >= 0.3 is 0 Å². The first-order chi connectivity index (χ1) is 11.7. The van der Waals surface area contributed by atoms with E-state index in [-0.39, 0.29) is 18.0 Å². The van der Waals surface area contributed by atoms with Crippen molar-refractivity contribution in [1.29, 1.82) is 0 Å². The molecule has 2 N–H and O–H groups in total. The van der Waals surface area contributed by atoms with Crippen molar-refractivity contribution in [2.45, 2.75) is 44.3 Å². The van der Waals surface area contributed by atoms with Crippen LogP contribution in [0, 0.1) is 0 Å². The van der Waals surface area contributed by atoms with Crippen molar-refractivity contribution < 1.29 is 4.79 Å². The van der Waals surface area contributed by atoms with Crippen molar-refractivity contribution in [3.05, 3.63) is 70.7 Å². The van der Waals surface area contributed by atoms with Crippen LogP contribution in [0.3, 0.4) is 0 Å². The van der Waals surface area contributed by atoms with E-state index in [1.807, 2.05) is 54.6 Å². The molecule has 1 amide bonds. The van der Waals surface area contributed by atoms with Crippen molar-refractivity contribution in [1.82, 2.24) is 10.6 Å². The molecule has 0 radical (unpaired) electrons. The fraction of sp³-hybridized carbons (Fsp3) is 0.350. The Kier molecular flexibility index (Phi) is 5.54. The van der Waals surface area contributed by atoms with Gasteiger partial charge < -0.3 is 5.32 Å². The fourth-order valence-electron chi connectivity index (χ4n) is 2.83. The zero-order chi connectivity index (χ0) is 16.9. The first-order valence-electron chi connectivity index (χ1n) is 8.54. The summed E-state index contributed by atoms with van der Waals surface area (Å²) in [5.41, 5.74) is 2.13. The summed E-state index contributed by atoms with van der Waals surface area (Å²) in [6.07, 6.45) is 3.06. The zero-order valence-corrected chi connectivity index (χ0v) is 14.6. The first kappa shape index (κ1) is 17.0. The molecule has 4 heteroatoms. The molecule has 0 bridgehead atoms. The van der Waals surface area contributed by atoms with Crippen LogP contribution in [-0.2, 0) is 4.79 Å². The summed E-state index contributed by atoms with van der Waals surface area (Å²) in [5.74, 6) is 0.0520. The van der Waals surface area contributed by atoms with Crippen LogP contribution in [0.4, 0.5) is 0 Å². The third-order valence-corrected chi connectivity index (χ3v) is 4.62. The topological polar surface area (TPSA) is 41.1 Å². The van der Waals surface area contributed by atoms with Crippen LogP contribution in [0.2, 0.25) is 5.02 Å². The maximum absolute atomic E-state index is 12.7. The lowest BCUT2D eigenvalue weighted by Gasteiger charge is -2.25. The molecule has 2 aromatic rings. The van der Waals surface area contributed by atoms with E-state index in [2.05, 4.69) is 17.6 Å². The summed E-state index contributed by atoms with van der Waals surface area (Å²) >= 11 is 5.99. The van der Waals surface area contributed by atoms with Gasteiger partial charge in [-0.25, -0.2) is 0 Å². The van der Waals surface area contributed by atoms with Crippen LogP contribution in [-0.4, -0.2) is 11.9 Å². The summed E-state index contributed by atoms with van der Waals surface area (Å²) in [4.78, 5) is 12.7. The first-order valence-corrected chi connectivity index (χ1v) is 8.92. The van der Waals surface area contributed by atoms with Crippen molar-refractivity contribution >= 4 is 17.5 Å². The lowest BCUT2D eigenvalue weighted by molar-refractivity contribution is -0.123. The Morgan fingerprint density at radius 3 is 2.33 bits per heavy atom. The Balaban J connectivity index is 1.81. The molecular formula is C20H23ClN2O. The molecule has 2 aromatic carbocycles. The van der Waals surface area contributed by atoms with E-state index in [1.165, 1.54) is 0 Å². The summed E-state index contributed by atoms with van der Waals surface area (Å²) in [6.45, 7) is 2.12. The van der Waals surface area contributed by atoms with Gasteiger partial charge in [0.05, 0.1) is 0 Å². The van der Waals surface area contributed by atoms with Gasteiger partial charge in [0.2, 0.25) is 5.91 Å². The maximum atomic E-state index is 12.7. The molecule has 0 spiro atoms. The van der Waals surface area contributed by atoms with Gasteiger partial charge in [-0.05, 0) is 42.5 Å². The number of carbonyl (C=O) groups excluding carboxylic acids is 1. The molecule has 3 nitrogen and oxygen atoms in total. The number of rotatable bonds is 7. The van der Waals surface area contributed by atoms with Gasteiger partial charge in [-0.3, -0.25) is 10.1 Å². The van der Waals surface area contributed by atoms with E-state index < -0.39 is 0 Å². The van der Waals surface area contributed by atoms with Gasteiger partial charge in [0.15, 0.2) is 0 Å². The minimum absolute atomic E-state index is 0.0520. The molecule has 1 aliphatic carbocycles. The average Bonchev–Trinajstić information content (AvgIpc) is 3.41. The molecule has 0 aliphatic heterocycles. The molecule has 0 aromatic heterocycles. The highest BCUT2D eigenvalue weighted by atomic mass is 35.5. The van der Waals surface area contributed by atoms with E-state index >= 15 is 0 Å². The SMILES string of the molecule is CC[C@H](N[C@H](C(=O)NC1CC1)c1ccccc1)c1ccc(Cl)cc1. The predicted molar refractivity (Wildman–Crippen MR) is 98.0 cm³/mol. The Hall–Kier alpha value is -1.84. The van der Waals surface area contributed by atoms with E-state index in [0.29, 0.717) is 6.04 Å². The monoisotopic (exact) mass is 342 g/mol. The second-order valence-electron chi connectivity index (χ2n) is 6.31. The molecular weight excluding hydrogens is 320 g/mol. The maximum Gasteiger partial charge on any atom is 0.241 e. The van der Waals surface area contributed by atoms with E-state index in [0.717, 1.165) is 35.4 Å². The number of hydrogen-bond acceptors (Lipinski definition) is 2. The van der Waals surface area contributed by atoms with E-state index in [4.69, 9.17) is 11.6 Å². The molecule has 0 heterocycles. The number of amides is 1. The quantitative estimate of drug-likeness (QED) is 0.783. The second-order valence-corrected chi connectivity index (χ2v) is 6.74. The Morgan fingerprint density at radius 1 is 1.08 bits per heavy atom. The minimum Gasteiger partial charge on any atom is -0.352 e. The fourth-order valence-corrected chi connectivity index (χ4v) is 2.95. The minimum atomic E-state index is -0.354. The number of nitrogens with one attached hydrogen (secondary N) is 2. The molecule has 126 valence electrons. The van der Waals surface area contributed by atoms with Crippen molar-refractivity contribution in [2.75, 3.05) is 0 Å². The van der Waals surface area contributed by atoms with E-state index in [1.54, 1.807) is 0 Å². The van der Waals surface area contributed by atoms with Crippen LogP contribution < -0.4 is 10.6 Å². The lowest BCUT2D eigenvalue weighted by Crippen LogP contribution is -2.40. The summed E-state index contributed by atoms with van der Waals surface area (Å²) in [5, 5.41) is 7.38. The van der Waals surface area contributed by atoms with Gasteiger partial charge in [0.1, 0.15) is 6.04 Å².